The van der Waals surface area contributed by atoms with Gasteiger partial charge in [0.2, 0.25) is 0 Å². The fourth-order valence-corrected chi connectivity index (χ4v) is 6.94. The Morgan fingerprint density at radius 2 is 1.92 bits per heavy atom. The van der Waals surface area contributed by atoms with Crippen molar-refractivity contribution in [3.8, 4) is 5.75 Å². The van der Waals surface area contributed by atoms with Crippen molar-refractivity contribution in [2.45, 2.75) is 76.9 Å². The van der Waals surface area contributed by atoms with Crippen molar-refractivity contribution >= 4 is 0 Å². The number of phenolic OH excluding ortho intramolecular Hbond substituents is 1. The summed E-state index contributed by atoms with van der Waals surface area (Å²) >= 11 is 0. The molecule has 1 heterocycles. The molecule has 26 heavy (non-hydrogen) atoms. The average Bonchev–Trinajstić information content (AvgIpc) is 3.24. The minimum Gasteiger partial charge on any atom is -0.508 e. The van der Waals surface area contributed by atoms with Crippen LogP contribution in [0.25, 0.3) is 0 Å². The van der Waals surface area contributed by atoms with Gasteiger partial charge in [-0.2, -0.15) is 0 Å². The molecule has 0 spiro atoms. The Morgan fingerprint density at radius 3 is 2.73 bits per heavy atom. The van der Waals surface area contributed by atoms with E-state index in [1.54, 1.807) is 0 Å². The summed E-state index contributed by atoms with van der Waals surface area (Å²) in [5.41, 5.74) is 4.19. The Labute approximate surface area is 157 Å². The summed E-state index contributed by atoms with van der Waals surface area (Å²) < 4.78 is 0. The van der Waals surface area contributed by atoms with E-state index < -0.39 is 0 Å². The molecule has 2 saturated carbocycles. The Kier molecular flexibility index (Phi) is 4.09. The van der Waals surface area contributed by atoms with E-state index in [0.717, 1.165) is 37.3 Å². The average molecular weight is 356 g/mol. The first-order valence-electron chi connectivity index (χ1n) is 10.8. The van der Waals surface area contributed by atoms with Gasteiger partial charge in [-0.15, -0.1) is 0 Å². The molecule has 1 aliphatic heterocycles. The molecule has 1 aromatic rings. The van der Waals surface area contributed by atoms with E-state index in [4.69, 9.17) is 0 Å². The lowest BCUT2D eigenvalue weighted by molar-refractivity contribution is -0.0226. The van der Waals surface area contributed by atoms with Crippen LogP contribution in [0.2, 0.25) is 0 Å². The molecule has 0 bridgehead atoms. The summed E-state index contributed by atoms with van der Waals surface area (Å²) in [5, 5.41) is 21.2. The van der Waals surface area contributed by atoms with Crippen molar-refractivity contribution in [3.05, 3.63) is 28.8 Å². The highest BCUT2D eigenvalue weighted by molar-refractivity contribution is 5.45. The molecule has 3 heteroatoms. The summed E-state index contributed by atoms with van der Waals surface area (Å²) in [4.78, 5) is 2.48. The number of hydrogen-bond acceptors (Lipinski definition) is 3. The van der Waals surface area contributed by atoms with Crippen molar-refractivity contribution < 1.29 is 10.2 Å². The van der Waals surface area contributed by atoms with Gasteiger partial charge in [0, 0.05) is 12.1 Å². The number of phenols is 1. The molecule has 0 amide bonds. The van der Waals surface area contributed by atoms with Gasteiger partial charge in [-0.3, -0.25) is 4.90 Å². The first kappa shape index (κ1) is 17.1. The Hall–Kier alpha value is -1.06. The fourth-order valence-electron chi connectivity index (χ4n) is 6.94. The van der Waals surface area contributed by atoms with Crippen LogP contribution in [0.3, 0.4) is 0 Å². The van der Waals surface area contributed by atoms with E-state index in [1.165, 1.54) is 56.3 Å². The van der Waals surface area contributed by atoms with Gasteiger partial charge in [0.25, 0.3) is 0 Å². The molecule has 3 fully saturated rings. The molecular formula is C23H33NO2. The van der Waals surface area contributed by atoms with Crippen LogP contribution in [-0.2, 0) is 13.0 Å². The third kappa shape index (κ3) is 2.54. The van der Waals surface area contributed by atoms with Crippen LogP contribution >= 0.6 is 0 Å². The van der Waals surface area contributed by atoms with Gasteiger partial charge in [-0.1, -0.05) is 13.0 Å². The molecule has 1 saturated heterocycles. The quantitative estimate of drug-likeness (QED) is 0.835. The van der Waals surface area contributed by atoms with Crippen LogP contribution in [-0.4, -0.2) is 34.3 Å². The van der Waals surface area contributed by atoms with Gasteiger partial charge in [0.15, 0.2) is 0 Å². The smallest absolute Gasteiger partial charge is 0.120 e. The Bertz CT molecular complexity index is 696. The van der Waals surface area contributed by atoms with Crippen molar-refractivity contribution in [1.29, 1.82) is 0 Å². The standard InChI is InChI=1S/C23H33NO2/c1-23-9-8-17-18(20(23)6-7-22(23)26)5-4-15-13-21(25)16(12-19(15)17)14-24-10-2-3-11-24/h12-13,17-18,20,22,25-26H,2-11,14H2,1H3/t17-,18-,20-,22-,23-/m0/s1. The Balaban J connectivity index is 1.46. The van der Waals surface area contributed by atoms with Gasteiger partial charge in [0.05, 0.1) is 6.10 Å². The first-order valence-corrected chi connectivity index (χ1v) is 10.8. The minimum absolute atomic E-state index is 0.0969. The molecule has 3 nitrogen and oxygen atoms in total. The summed E-state index contributed by atoms with van der Waals surface area (Å²) in [6, 6.07) is 4.43. The number of nitrogens with zero attached hydrogens (tertiary/aromatic N) is 1. The topological polar surface area (TPSA) is 43.7 Å². The van der Waals surface area contributed by atoms with Gasteiger partial charge < -0.3 is 10.2 Å². The van der Waals surface area contributed by atoms with E-state index in [9.17, 15) is 10.2 Å². The number of aliphatic hydroxyl groups is 1. The molecule has 3 aliphatic carbocycles. The van der Waals surface area contributed by atoms with Crippen LogP contribution < -0.4 is 0 Å². The zero-order valence-corrected chi connectivity index (χ0v) is 16.1. The maximum absolute atomic E-state index is 10.6. The monoisotopic (exact) mass is 355 g/mol. The van der Waals surface area contributed by atoms with Crippen LogP contribution in [0.1, 0.15) is 74.5 Å². The number of hydrogen-bond donors (Lipinski definition) is 2. The molecule has 142 valence electrons. The molecule has 5 rings (SSSR count). The Morgan fingerprint density at radius 1 is 1.12 bits per heavy atom. The molecule has 5 atom stereocenters. The third-order valence-corrected chi connectivity index (χ3v) is 8.47. The molecule has 2 N–H and O–H groups in total. The number of aryl methyl sites for hydroxylation is 1. The molecule has 0 aromatic heterocycles. The van der Waals surface area contributed by atoms with E-state index in [2.05, 4.69) is 24.0 Å². The van der Waals surface area contributed by atoms with E-state index >= 15 is 0 Å². The van der Waals surface area contributed by atoms with Crippen LogP contribution in [0.15, 0.2) is 12.1 Å². The lowest BCUT2D eigenvalue weighted by atomic mass is 9.55. The molecule has 4 aliphatic rings. The lowest BCUT2D eigenvalue weighted by Crippen LogP contribution is -2.44. The van der Waals surface area contributed by atoms with E-state index in [0.29, 0.717) is 17.6 Å². The number of rotatable bonds is 2. The van der Waals surface area contributed by atoms with E-state index in [1.807, 2.05) is 0 Å². The lowest BCUT2D eigenvalue weighted by Gasteiger charge is -2.50. The fraction of sp³-hybridized carbons (Fsp3) is 0.739. The predicted octanol–water partition coefficient (Wildman–Crippen LogP) is 4.21. The minimum atomic E-state index is -0.0969. The second kappa shape index (κ2) is 6.24. The molecular weight excluding hydrogens is 322 g/mol. The highest BCUT2D eigenvalue weighted by Crippen LogP contribution is 2.61. The zero-order valence-electron chi connectivity index (χ0n) is 16.1. The molecule has 1 aromatic carbocycles. The largest absolute Gasteiger partial charge is 0.508 e. The molecule has 0 unspecified atom stereocenters. The summed E-state index contributed by atoms with van der Waals surface area (Å²) in [7, 11) is 0. The highest BCUT2D eigenvalue weighted by atomic mass is 16.3. The van der Waals surface area contributed by atoms with Crippen LogP contribution in [0.5, 0.6) is 5.75 Å². The number of likely N-dealkylation sites (tertiary alicyclic amines) is 1. The normalized spacial score (nSPS) is 39.5. The van der Waals surface area contributed by atoms with Crippen molar-refractivity contribution in [3.63, 3.8) is 0 Å². The summed E-state index contributed by atoms with van der Waals surface area (Å²) in [6.07, 6.45) is 9.36. The third-order valence-electron chi connectivity index (χ3n) is 8.47. The second-order valence-corrected chi connectivity index (χ2v) is 9.72. The predicted molar refractivity (Wildman–Crippen MR) is 103 cm³/mol. The maximum atomic E-state index is 10.6. The van der Waals surface area contributed by atoms with Gasteiger partial charge >= 0.3 is 0 Å². The number of benzene rings is 1. The number of fused-ring (bicyclic) bond motifs is 5. The van der Waals surface area contributed by atoms with Crippen LogP contribution in [0, 0.1) is 17.3 Å². The van der Waals surface area contributed by atoms with Crippen molar-refractivity contribution in [2.75, 3.05) is 13.1 Å². The van der Waals surface area contributed by atoms with Gasteiger partial charge in [0.1, 0.15) is 5.75 Å². The zero-order chi connectivity index (χ0) is 17.9. The first-order chi connectivity index (χ1) is 12.6. The van der Waals surface area contributed by atoms with E-state index in [-0.39, 0.29) is 11.5 Å². The van der Waals surface area contributed by atoms with Gasteiger partial charge in [-0.05, 0) is 105 Å². The summed E-state index contributed by atoms with van der Waals surface area (Å²) in [6.45, 7) is 5.58. The summed E-state index contributed by atoms with van der Waals surface area (Å²) in [5.74, 6) is 2.55. The van der Waals surface area contributed by atoms with Crippen molar-refractivity contribution in [2.24, 2.45) is 17.3 Å². The number of aliphatic hydroxyl groups excluding tert-OH is 1. The second-order valence-electron chi connectivity index (χ2n) is 9.72. The SMILES string of the molecule is C[C@]12CC[C@@H]3c4cc(CN5CCCC5)c(O)cc4CC[C@@H]3[C@@H]1CC[C@@H]2O. The highest BCUT2D eigenvalue weighted by Gasteiger charge is 2.54. The van der Waals surface area contributed by atoms with Gasteiger partial charge in [-0.25, -0.2) is 0 Å². The van der Waals surface area contributed by atoms with Crippen molar-refractivity contribution in [1.82, 2.24) is 4.90 Å². The molecule has 0 radical (unpaired) electrons. The number of aromatic hydroxyl groups is 1. The maximum Gasteiger partial charge on any atom is 0.120 e. The van der Waals surface area contributed by atoms with Crippen LogP contribution in [0.4, 0.5) is 0 Å².